The number of imide groups is 1. The summed E-state index contributed by atoms with van der Waals surface area (Å²) in [4.78, 5) is 35.8. The fraction of sp³-hybridized carbons (Fsp3) is 0.550. The van der Waals surface area contributed by atoms with E-state index in [-0.39, 0.29) is 12.6 Å². The highest BCUT2D eigenvalue weighted by Crippen LogP contribution is 2.26. The van der Waals surface area contributed by atoms with Gasteiger partial charge >= 0.3 is 12.0 Å². The van der Waals surface area contributed by atoms with Gasteiger partial charge in [-0.2, -0.15) is 0 Å². The van der Waals surface area contributed by atoms with Gasteiger partial charge in [-0.3, -0.25) is 10.1 Å². The van der Waals surface area contributed by atoms with Crippen LogP contribution in [0.2, 0.25) is 0 Å². The Labute approximate surface area is 164 Å². The maximum atomic E-state index is 12.0. The number of ether oxygens (including phenoxy) is 3. The summed E-state index contributed by atoms with van der Waals surface area (Å²) >= 11 is 0. The lowest BCUT2D eigenvalue weighted by molar-refractivity contribution is -0.156. The summed E-state index contributed by atoms with van der Waals surface area (Å²) in [7, 11) is 0. The minimum atomic E-state index is -1.11. The zero-order chi connectivity index (χ0) is 20.4. The maximum Gasteiger partial charge on any atom is 0.344 e. The monoisotopic (exact) mass is 392 g/mol. The largest absolute Gasteiger partial charge is 0.490 e. The molecular weight excluding hydrogens is 364 g/mol. The Balaban J connectivity index is 1.74. The van der Waals surface area contributed by atoms with Crippen molar-refractivity contribution in [2.45, 2.75) is 58.1 Å². The van der Waals surface area contributed by atoms with Crippen molar-refractivity contribution in [2.24, 2.45) is 0 Å². The van der Waals surface area contributed by atoms with Crippen LogP contribution in [0.25, 0.3) is 0 Å². The number of hydrogen-bond donors (Lipinski definition) is 2. The van der Waals surface area contributed by atoms with E-state index >= 15 is 0 Å². The fourth-order valence-corrected chi connectivity index (χ4v) is 2.83. The van der Waals surface area contributed by atoms with Crippen LogP contribution in [-0.2, 0) is 14.3 Å². The standard InChI is InChI=1S/C20H28N2O6/c1-3-12-26-16-10-6-7-11-17(16)27-13-18(23)28-14(2)19(24)22-20(25)21-15-8-4-5-9-15/h6-7,10-11,14-15H,3-5,8-9,12-13H2,1-2H3,(H2,21,22,24,25)/t14-/m1/s1. The molecule has 1 fully saturated rings. The number of hydrogen-bond acceptors (Lipinski definition) is 6. The van der Waals surface area contributed by atoms with Crippen LogP contribution in [0.4, 0.5) is 4.79 Å². The van der Waals surface area contributed by atoms with Gasteiger partial charge in [0.05, 0.1) is 6.61 Å². The van der Waals surface area contributed by atoms with Gasteiger partial charge in [0.1, 0.15) is 0 Å². The van der Waals surface area contributed by atoms with E-state index in [9.17, 15) is 14.4 Å². The van der Waals surface area contributed by atoms with Crippen molar-refractivity contribution in [3.8, 4) is 11.5 Å². The van der Waals surface area contributed by atoms with Gasteiger partial charge in [-0.25, -0.2) is 9.59 Å². The molecule has 0 radical (unpaired) electrons. The Morgan fingerprint density at radius 2 is 1.75 bits per heavy atom. The molecule has 0 spiro atoms. The summed E-state index contributed by atoms with van der Waals surface area (Å²) in [6, 6.07) is 6.52. The molecule has 3 amide bonds. The lowest BCUT2D eigenvalue weighted by atomic mass is 10.2. The fourth-order valence-electron chi connectivity index (χ4n) is 2.83. The van der Waals surface area contributed by atoms with E-state index in [1.54, 1.807) is 24.3 Å². The number of para-hydroxylation sites is 2. The lowest BCUT2D eigenvalue weighted by Crippen LogP contribution is -2.47. The lowest BCUT2D eigenvalue weighted by Gasteiger charge is -2.16. The molecule has 1 aliphatic carbocycles. The van der Waals surface area contributed by atoms with Crippen LogP contribution in [0.3, 0.4) is 0 Å². The topological polar surface area (TPSA) is 103 Å². The van der Waals surface area contributed by atoms with Crippen LogP contribution in [0.5, 0.6) is 11.5 Å². The molecule has 1 atom stereocenters. The highest BCUT2D eigenvalue weighted by atomic mass is 16.6. The van der Waals surface area contributed by atoms with Gasteiger partial charge in [0, 0.05) is 6.04 Å². The summed E-state index contributed by atoms with van der Waals surface area (Å²) in [5.41, 5.74) is 0. The minimum Gasteiger partial charge on any atom is -0.490 e. The molecule has 0 heterocycles. The summed E-state index contributed by atoms with van der Waals surface area (Å²) in [5.74, 6) is -0.452. The predicted octanol–water partition coefficient (Wildman–Crippen LogP) is 2.55. The number of carbonyl (C=O) groups is 3. The first-order valence-electron chi connectivity index (χ1n) is 9.65. The molecule has 0 unspecified atom stereocenters. The zero-order valence-electron chi connectivity index (χ0n) is 16.4. The number of carbonyl (C=O) groups excluding carboxylic acids is 3. The summed E-state index contributed by atoms with van der Waals surface area (Å²) < 4.78 is 16.0. The van der Waals surface area contributed by atoms with Gasteiger partial charge in [-0.15, -0.1) is 0 Å². The molecule has 28 heavy (non-hydrogen) atoms. The van der Waals surface area contributed by atoms with Crippen LogP contribution in [0.15, 0.2) is 24.3 Å². The van der Waals surface area contributed by atoms with Crippen molar-refractivity contribution in [1.82, 2.24) is 10.6 Å². The molecule has 8 nitrogen and oxygen atoms in total. The summed E-state index contributed by atoms with van der Waals surface area (Å²) in [5, 5.41) is 4.93. The Hall–Kier alpha value is -2.77. The number of benzene rings is 1. The SMILES string of the molecule is CCCOc1ccccc1OCC(=O)O[C@H](C)C(=O)NC(=O)NC1CCCC1. The van der Waals surface area contributed by atoms with E-state index in [1.807, 2.05) is 6.92 Å². The summed E-state index contributed by atoms with van der Waals surface area (Å²) in [6.45, 7) is 3.54. The molecule has 8 heteroatoms. The molecule has 0 aromatic heterocycles. The van der Waals surface area contributed by atoms with Crippen LogP contribution in [0.1, 0.15) is 46.0 Å². The smallest absolute Gasteiger partial charge is 0.344 e. The van der Waals surface area contributed by atoms with Gasteiger partial charge in [-0.05, 0) is 38.3 Å². The molecule has 2 rings (SSSR count). The predicted molar refractivity (Wildman–Crippen MR) is 102 cm³/mol. The van der Waals surface area contributed by atoms with Gasteiger partial charge in [0.25, 0.3) is 5.91 Å². The van der Waals surface area contributed by atoms with E-state index < -0.39 is 24.0 Å². The van der Waals surface area contributed by atoms with Crippen LogP contribution in [0, 0.1) is 0 Å². The molecule has 1 aliphatic rings. The van der Waals surface area contributed by atoms with Crippen molar-refractivity contribution >= 4 is 17.9 Å². The second kappa shape index (κ2) is 11.2. The highest BCUT2D eigenvalue weighted by Gasteiger charge is 2.23. The third-order valence-corrected chi connectivity index (χ3v) is 4.26. The van der Waals surface area contributed by atoms with Gasteiger partial charge in [0.15, 0.2) is 24.2 Å². The number of rotatable bonds is 9. The second-order valence-corrected chi connectivity index (χ2v) is 6.66. The Bertz CT molecular complexity index is 672. The molecule has 1 aromatic rings. The summed E-state index contributed by atoms with van der Waals surface area (Å²) in [6.07, 6.45) is 3.69. The van der Waals surface area contributed by atoms with Crippen molar-refractivity contribution < 1.29 is 28.6 Å². The van der Waals surface area contributed by atoms with Crippen molar-refractivity contribution in [2.75, 3.05) is 13.2 Å². The molecular formula is C20H28N2O6. The van der Waals surface area contributed by atoms with E-state index in [0.717, 1.165) is 32.1 Å². The van der Waals surface area contributed by atoms with Gasteiger partial charge < -0.3 is 19.5 Å². The van der Waals surface area contributed by atoms with Crippen molar-refractivity contribution in [3.63, 3.8) is 0 Å². The van der Waals surface area contributed by atoms with Gasteiger partial charge in [0.2, 0.25) is 0 Å². The third kappa shape index (κ3) is 7.09. The molecule has 1 saturated carbocycles. The van der Waals surface area contributed by atoms with Crippen LogP contribution < -0.4 is 20.1 Å². The normalized spacial score (nSPS) is 14.8. The third-order valence-electron chi connectivity index (χ3n) is 4.26. The van der Waals surface area contributed by atoms with Gasteiger partial charge in [-0.1, -0.05) is 31.9 Å². The molecule has 0 bridgehead atoms. The first-order chi connectivity index (χ1) is 13.5. The number of urea groups is 1. The first-order valence-corrected chi connectivity index (χ1v) is 9.65. The number of amides is 3. The van der Waals surface area contributed by atoms with E-state index in [2.05, 4.69) is 10.6 Å². The second-order valence-electron chi connectivity index (χ2n) is 6.66. The average Bonchev–Trinajstić information content (AvgIpc) is 3.18. The van der Waals surface area contributed by atoms with E-state index in [4.69, 9.17) is 14.2 Å². The molecule has 2 N–H and O–H groups in total. The molecule has 0 saturated heterocycles. The first kappa shape index (κ1) is 21.5. The molecule has 0 aliphatic heterocycles. The number of esters is 1. The Morgan fingerprint density at radius 3 is 2.39 bits per heavy atom. The highest BCUT2D eigenvalue weighted by molar-refractivity contribution is 5.97. The zero-order valence-corrected chi connectivity index (χ0v) is 16.4. The molecule has 154 valence electrons. The van der Waals surface area contributed by atoms with Crippen LogP contribution >= 0.6 is 0 Å². The maximum absolute atomic E-state index is 12.0. The molecule has 1 aromatic carbocycles. The minimum absolute atomic E-state index is 0.0917. The van der Waals surface area contributed by atoms with Crippen molar-refractivity contribution in [1.29, 1.82) is 0 Å². The van der Waals surface area contributed by atoms with E-state index in [1.165, 1.54) is 6.92 Å². The van der Waals surface area contributed by atoms with Crippen LogP contribution in [-0.4, -0.2) is 43.3 Å². The Kier molecular flexibility index (Phi) is 8.58. The van der Waals surface area contributed by atoms with E-state index in [0.29, 0.717) is 18.1 Å². The Morgan fingerprint density at radius 1 is 1.11 bits per heavy atom. The average molecular weight is 392 g/mol. The number of nitrogens with one attached hydrogen (secondary N) is 2. The quantitative estimate of drug-likeness (QED) is 0.626. The van der Waals surface area contributed by atoms with Crippen molar-refractivity contribution in [3.05, 3.63) is 24.3 Å².